The molecule has 1 aliphatic carbocycles. The van der Waals surface area contributed by atoms with Gasteiger partial charge >= 0.3 is 0 Å². The fourth-order valence-corrected chi connectivity index (χ4v) is 2.84. The van der Waals surface area contributed by atoms with Crippen molar-refractivity contribution in [3.63, 3.8) is 0 Å². The van der Waals surface area contributed by atoms with E-state index in [1.165, 1.54) is 55.2 Å². The van der Waals surface area contributed by atoms with Gasteiger partial charge in [-0.25, -0.2) is 0 Å². The summed E-state index contributed by atoms with van der Waals surface area (Å²) in [6.07, 6.45) is 12.5. The predicted molar refractivity (Wildman–Crippen MR) is 85.7 cm³/mol. The summed E-state index contributed by atoms with van der Waals surface area (Å²) in [6, 6.07) is 8.84. The molecule has 0 N–H and O–H groups in total. The maximum absolute atomic E-state index is 11.5. The molecule has 0 amide bonds. The first-order chi connectivity index (χ1) is 9.79. The van der Waals surface area contributed by atoms with Crippen LogP contribution in [0.2, 0.25) is 0 Å². The van der Waals surface area contributed by atoms with Crippen molar-refractivity contribution < 1.29 is 4.79 Å². The van der Waals surface area contributed by atoms with Gasteiger partial charge in [0, 0.05) is 6.42 Å². The Kier molecular flexibility index (Phi) is 6.04. The Balaban J connectivity index is 1.85. The normalized spacial score (nSPS) is 15.2. The van der Waals surface area contributed by atoms with Crippen LogP contribution < -0.4 is 0 Å². The van der Waals surface area contributed by atoms with E-state index in [0.717, 1.165) is 19.3 Å². The zero-order valence-electron chi connectivity index (χ0n) is 12.7. The number of carbonyl (C=O) groups is 1. The number of hydrogen-bond acceptors (Lipinski definition) is 1. The second kappa shape index (κ2) is 8.04. The molecule has 0 unspecified atom stereocenters. The van der Waals surface area contributed by atoms with Crippen molar-refractivity contribution in [2.45, 2.75) is 64.7 Å². The topological polar surface area (TPSA) is 17.1 Å². The monoisotopic (exact) mass is 270 g/mol. The maximum atomic E-state index is 11.5. The quantitative estimate of drug-likeness (QED) is 0.611. The van der Waals surface area contributed by atoms with E-state index in [-0.39, 0.29) is 5.78 Å². The van der Waals surface area contributed by atoms with Crippen molar-refractivity contribution in [3.8, 4) is 0 Å². The number of carbonyl (C=O) groups excluding carboxylic acids is 1. The highest BCUT2D eigenvalue weighted by Crippen LogP contribution is 2.25. The van der Waals surface area contributed by atoms with Crippen molar-refractivity contribution in [2.24, 2.45) is 0 Å². The van der Waals surface area contributed by atoms with Crippen LogP contribution in [-0.4, -0.2) is 5.78 Å². The Morgan fingerprint density at radius 1 is 0.950 bits per heavy atom. The first kappa shape index (κ1) is 15.0. The summed E-state index contributed by atoms with van der Waals surface area (Å²) in [5.41, 5.74) is 3.87. The molecular formula is C19H26O. The molecule has 0 bridgehead atoms. The molecule has 1 aliphatic rings. The Morgan fingerprint density at radius 2 is 1.70 bits per heavy atom. The number of aryl methyl sites for hydroxylation is 1. The summed E-state index contributed by atoms with van der Waals surface area (Å²) >= 11 is 0. The van der Waals surface area contributed by atoms with Crippen molar-refractivity contribution in [3.05, 3.63) is 41.5 Å². The first-order valence-corrected chi connectivity index (χ1v) is 8.12. The van der Waals surface area contributed by atoms with Gasteiger partial charge < -0.3 is 0 Å². The summed E-state index contributed by atoms with van der Waals surface area (Å²) < 4.78 is 0. The zero-order valence-corrected chi connectivity index (χ0v) is 12.7. The number of allylic oxidation sites excluding steroid dienone is 2. The third-order valence-electron chi connectivity index (χ3n) is 4.10. The largest absolute Gasteiger partial charge is 0.295 e. The summed E-state index contributed by atoms with van der Waals surface area (Å²) in [7, 11) is 0. The smallest absolute Gasteiger partial charge is 0.155 e. The SMILES string of the molecule is CCCCCCCc1ccc(C2=CC(=O)CCC2)cc1. The Bertz CT molecular complexity index is 453. The molecule has 0 radical (unpaired) electrons. The van der Waals surface area contributed by atoms with Gasteiger partial charge in [0.15, 0.2) is 5.78 Å². The van der Waals surface area contributed by atoms with Crippen LogP contribution in [0.5, 0.6) is 0 Å². The molecule has 0 fully saturated rings. The molecule has 20 heavy (non-hydrogen) atoms. The predicted octanol–water partition coefficient (Wildman–Crippen LogP) is 5.34. The number of rotatable bonds is 7. The standard InChI is InChI=1S/C19H26O/c1-2-3-4-5-6-8-16-11-13-17(14-12-16)18-9-7-10-19(20)15-18/h11-15H,2-10H2,1H3. The molecule has 0 heterocycles. The van der Waals surface area contributed by atoms with E-state index in [9.17, 15) is 4.79 Å². The van der Waals surface area contributed by atoms with Crippen LogP contribution in [0.3, 0.4) is 0 Å². The van der Waals surface area contributed by atoms with Gasteiger partial charge in [0.05, 0.1) is 0 Å². The Morgan fingerprint density at radius 3 is 2.40 bits per heavy atom. The number of hydrogen-bond donors (Lipinski definition) is 0. The van der Waals surface area contributed by atoms with Gasteiger partial charge in [-0.2, -0.15) is 0 Å². The van der Waals surface area contributed by atoms with E-state index >= 15 is 0 Å². The van der Waals surface area contributed by atoms with E-state index in [4.69, 9.17) is 0 Å². The Hall–Kier alpha value is -1.37. The average molecular weight is 270 g/mol. The van der Waals surface area contributed by atoms with Gasteiger partial charge in [0.25, 0.3) is 0 Å². The average Bonchev–Trinajstić information content (AvgIpc) is 2.48. The maximum Gasteiger partial charge on any atom is 0.155 e. The summed E-state index contributed by atoms with van der Waals surface area (Å²) in [4.78, 5) is 11.5. The molecule has 0 aromatic heterocycles. The molecule has 108 valence electrons. The van der Waals surface area contributed by atoms with Crippen LogP contribution in [0.4, 0.5) is 0 Å². The lowest BCUT2D eigenvalue weighted by Crippen LogP contribution is -2.02. The first-order valence-electron chi connectivity index (χ1n) is 8.12. The molecule has 1 aromatic rings. The van der Waals surface area contributed by atoms with Gasteiger partial charge in [0.1, 0.15) is 0 Å². The van der Waals surface area contributed by atoms with Crippen LogP contribution in [0, 0.1) is 0 Å². The number of unbranched alkanes of at least 4 members (excludes halogenated alkanes) is 4. The van der Waals surface area contributed by atoms with E-state index in [2.05, 4.69) is 31.2 Å². The lowest BCUT2D eigenvalue weighted by atomic mass is 9.92. The van der Waals surface area contributed by atoms with Crippen LogP contribution in [-0.2, 0) is 11.2 Å². The molecule has 1 nitrogen and oxygen atoms in total. The minimum Gasteiger partial charge on any atom is -0.295 e. The fourth-order valence-electron chi connectivity index (χ4n) is 2.84. The van der Waals surface area contributed by atoms with Crippen molar-refractivity contribution in [1.82, 2.24) is 0 Å². The molecule has 0 saturated heterocycles. The molecule has 1 aromatic carbocycles. The van der Waals surface area contributed by atoms with Crippen LogP contribution in [0.1, 0.15) is 69.4 Å². The fraction of sp³-hybridized carbons (Fsp3) is 0.526. The van der Waals surface area contributed by atoms with Gasteiger partial charge in [-0.15, -0.1) is 0 Å². The number of ketones is 1. The van der Waals surface area contributed by atoms with Crippen LogP contribution >= 0.6 is 0 Å². The zero-order chi connectivity index (χ0) is 14.2. The van der Waals surface area contributed by atoms with E-state index in [0.29, 0.717) is 0 Å². The minimum absolute atomic E-state index is 0.284. The third-order valence-corrected chi connectivity index (χ3v) is 4.10. The minimum atomic E-state index is 0.284. The summed E-state index contributed by atoms with van der Waals surface area (Å²) in [5.74, 6) is 0.284. The molecule has 1 heteroatoms. The summed E-state index contributed by atoms with van der Waals surface area (Å²) in [5, 5.41) is 0. The van der Waals surface area contributed by atoms with Crippen molar-refractivity contribution in [2.75, 3.05) is 0 Å². The second-order valence-corrected chi connectivity index (χ2v) is 5.85. The highest BCUT2D eigenvalue weighted by Gasteiger charge is 2.11. The third kappa shape index (κ3) is 4.63. The van der Waals surface area contributed by atoms with Gasteiger partial charge in [-0.3, -0.25) is 4.79 Å². The molecule has 2 rings (SSSR count). The number of benzene rings is 1. The lowest BCUT2D eigenvalue weighted by molar-refractivity contribution is -0.114. The van der Waals surface area contributed by atoms with E-state index in [1.807, 2.05) is 6.08 Å². The highest BCUT2D eigenvalue weighted by molar-refractivity contribution is 5.98. The molecule has 0 atom stereocenters. The van der Waals surface area contributed by atoms with E-state index in [1.54, 1.807) is 0 Å². The van der Waals surface area contributed by atoms with Gasteiger partial charge in [0.2, 0.25) is 0 Å². The van der Waals surface area contributed by atoms with Crippen LogP contribution in [0.25, 0.3) is 5.57 Å². The lowest BCUT2D eigenvalue weighted by Gasteiger charge is -2.12. The van der Waals surface area contributed by atoms with E-state index < -0.39 is 0 Å². The van der Waals surface area contributed by atoms with Crippen molar-refractivity contribution >= 4 is 11.4 Å². The van der Waals surface area contributed by atoms with Crippen molar-refractivity contribution in [1.29, 1.82) is 0 Å². The second-order valence-electron chi connectivity index (χ2n) is 5.85. The molecule has 0 saturated carbocycles. The molecule has 0 aliphatic heterocycles. The van der Waals surface area contributed by atoms with Gasteiger partial charge in [-0.1, -0.05) is 56.9 Å². The van der Waals surface area contributed by atoms with Crippen LogP contribution in [0.15, 0.2) is 30.3 Å². The molecule has 0 spiro atoms. The van der Waals surface area contributed by atoms with Gasteiger partial charge in [-0.05, 0) is 48.5 Å². The Labute approximate surface area is 123 Å². The highest BCUT2D eigenvalue weighted by atomic mass is 16.1. The molecular weight excluding hydrogens is 244 g/mol. The summed E-state index contributed by atoms with van der Waals surface area (Å²) in [6.45, 7) is 2.25.